The first-order valence-electron chi connectivity index (χ1n) is 3.90. The van der Waals surface area contributed by atoms with E-state index in [2.05, 4.69) is 5.10 Å². The van der Waals surface area contributed by atoms with Crippen molar-refractivity contribution in [3.8, 4) is 0 Å². The average Bonchev–Trinajstić information content (AvgIpc) is 2.24. The molecule has 0 radical (unpaired) electrons. The number of H-pyrrole nitrogens is 1. The van der Waals surface area contributed by atoms with Gasteiger partial charge in [0.05, 0.1) is 0 Å². The lowest BCUT2D eigenvalue weighted by Crippen LogP contribution is -2.14. The van der Waals surface area contributed by atoms with Crippen LogP contribution in [0.5, 0.6) is 0 Å². The fourth-order valence-corrected chi connectivity index (χ4v) is 1.76. The normalized spacial score (nSPS) is 10.4. The Labute approximate surface area is 80.3 Å². The van der Waals surface area contributed by atoms with E-state index < -0.39 is 0 Å². The molecule has 0 aliphatic rings. The van der Waals surface area contributed by atoms with E-state index in [1.165, 1.54) is 11.6 Å². The van der Waals surface area contributed by atoms with Crippen LogP contribution < -0.4 is 5.56 Å². The number of thioether (sulfide) groups is 1. The molecule has 1 rings (SSSR count). The lowest BCUT2D eigenvalue weighted by atomic mass is 10.3. The largest absolute Gasteiger partial charge is 0.300 e. The highest BCUT2D eigenvalue weighted by molar-refractivity contribution is 8.12. The molecule has 0 saturated heterocycles. The van der Waals surface area contributed by atoms with Crippen molar-refractivity contribution in [1.29, 1.82) is 0 Å². The topological polar surface area (TPSA) is 54.9 Å². The van der Waals surface area contributed by atoms with Crippen molar-refractivity contribution in [3.63, 3.8) is 0 Å². The summed E-state index contributed by atoms with van der Waals surface area (Å²) in [6, 6.07) is 0. The van der Waals surface area contributed by atoms with E-state index in [0.29, 0.717) is 11.3 Å². The zero-order valence-electron chi connectivity index (χ0n) is 7.88. The summed E-state index contributed by atoms with van der Waals surface area (Å²) in [5, 5.41) is 2.91. The summed E-state index contributed by atoms with van der Waals surface area (Å²) in [5.41, 5.74) is 1.47. The van der Waals surface area contributed by atoms with Gasteiger partial charge in [-0.1, -0.05) is 11.8 Å². The van der Waals surface area contributed by atoms with Crippen molar-refractivity contribution in [1.82, 2.24) is 9.78 Å². The third-order valence-electron chi connectivity index (χ3n) is 1.77. The maximum absolute atomic E-state index is 11.4. The Hall–Kier alpha value is -0.970. The number of hydrogen-bond acceptors (Lipinski definition) is 3. The molecule has 1 N–H and O–H groups in total. The summed E-state index contributed by atoms with van der Waals surface area (Å²) in [7, 11) is 1.66. The number of aromatic amines is 1. The van der Waals surface area contributed by atoms with Crippen molar-refractivity contribution < 1.29 is 4.79 Å². The summed E-state index contributed by atoms with van der Waals surface area (Å²) in [6.07, 6.45) is 0. The molecule has 0 fully saturated rings. The van der Waals surface area contributed by atoms with Crippen molar-refractivity contribution in [2.45, 2.75) is 19.6 Å². The van der Waals surface area contributed by atoms with Crippen LogP contribution >= 0.6 is 11.8 Å². The van der Waals surface area contributed by atoms with E-state index in [9.17, 15) is 9.59 Å². The molecule has 0 aromatic carbocycles. The Balaban J connectivity index is 2.88. The summed E-state index contributed by atoms with van der Waals surface area (Å²) in [5.74, 6) is 0.456. The van der Waals surface area contributed by atoms with Gasteiger partial charge < -0.3 is 0 Å². The van der Waals surface area contributed by atoms with E-state index in [-0.39, 0.29) is 10.7 Å². The van der Waals surface area contributed by atoms with Gasteiger partial charge in [-0.05, 0) is 6.92 Å². The quantitative estimate of drug-likeness (QED) is 0.768. The Morgan fingerprint density at radius 2 is 2.23 bits per heavy atom. The molecule has 0 aliphatic carbocycles. The van der Waals surface area contributed by atoms with E-state index in [1.54, 1.807) is 7.05 Å². The number of carbonyl (C=O) groups is 1. The predicted molar refractivity (Wildman–Crippen MR) is 52.7 cm³/mol. The fraction of sp³-hybridized carbons (Fsp3) is 0.500. The van der Waals surface area contributed by atoms with Gasteiger partial charge in [0, 0.05) is 31.0 Å². The number of hydrogen-bond donors (Lipinski definition) is 1. The van der Waals surface area contributed by atoms with Crippen LogP contribution in [0.4, 0.5) is 0 Å². The second-order valence-corrected chi connectivity index (χ2v) is 4.01. The van der Waals surface area contributed by atoms with E-state index in [4.69, 9.17) is 0 Å². The Bertz CT molecular complexity index is 378. The van der Waals surface area contributed by atoms with Crippen molar-refractivity contribution >= 4 is 16.9 Å². The highest BCUT2D eigenvalue weighted by Gasteiger charge is 2.09. The number of carbonyl (C=O) groups excluding carboxylic acids is 1. The maximum Gasteiger partial charge on any atom is 0.270 e. The summed E-state index contributed by atoms with van der Waals surface area (Å²) in [6.45, 7) is 3.33. The first-order valence-corrected chi connectivity index (χ1v) is 4.88. The van der Waals surface area contributed by atoms with Gasteiger partial charge in [0.15, 0.2) is 5.12 Å². The molecule has 1 aromatic heterocycles. The average molecular weight is 200 g/mol. The minimum absolute atomic E-state index is 0.0302. The number of nitrogens with one attached hydrogen (secondary N) is 1. The molecule has 0 bridgehead atoms. The summed E-state index contributed by atoms with van der Waals surface area (Å²) in [4.78, 5) is 22.1. The molecule has 0 amide bonds. The molecule has 72 valence electrons. The van der Waals surface area contributed by atoms with Gasteiger partial charge in [0.1, 0.15) is 0 Å². The highest BCUT2D eigenvalue weighted by atomic mass is 32.2. The molecule has 1 aromatic rings. The van der Waals surface area contributed by atoms with Gasteiger partial charge in [-0.2, -0.15) is 0 Å². The number of rotatable bonds is 2. The van der Waals surface area contributed by atoms with Gasteiger partial charge in [-0.15, -0.1) is 0 Å². The predicted octanol–water partition coefficient (Wildman–Crippen LogP) is 0.802. The second-order valence-electron chi connectivity index (χ2n) is 2.86. The van der Waals surface area contributed by atoms with Gasteiger partial charge >= 0.3 is 0 Å². The summed E-state index contributed by atoms with van der Waals surface area (Å²) < 4.78 is 1.42. The Morgan fingerprint density at radius 3 is 2.62 bits per heavy atom. The van der Waals surface area contributed by atoms with Gasteiger partial charge in [-0.3, -0.25) is 19.4 Å². The van der Waals surface area contributed by atoms with Crippen LogP contribution in [0.1, 0.15) is 18.2 Å². The molecular formula is C8H12N2O2S. The van der Waals surface area contributed by atoms with Crippen molar-refractivity contribution in [2.24, 2.45) is 7.05 Å². The van der Waals surface area contributed by atoms with Gasteiger partial charge in [0.25, 0.3) is 5.56 Å². The Kier molecular flexibility index (Phi) is 2.98. The lowest BCUT2D eigenvalue weighted by molar-refractivity contribution is -0.109. The molecule has 0 unspecified atom stereocenters. The SMILES string of the molecule is CC(=O)SCc1c(C)[nH]n(C)c1=O. The van der Waals surface area contributed by atoms with Gasteiger partial charge in [0.2, 0.25) is 0 Å². The first-order chi connectivity index (χ1) is 6.02. The first kappa shape index (κ1) is 10.1. The van der Waals surface area contributed by atoms with Crippen LogP contribution in [-0.4, -0.2) is 14.9 Å². The minimum Gasteiger partial charge on any atom is -0.300 e. The highest BCUT2D eigenvalue weighted by Crippen LogP contribution is 2.11. The van der Waals surface area contributed by atoms with E-state index in [1.807, 2.05) is 6.92 Å². The number of nitrogens with zero attached hydrogens (tertiary/aromatic N) is 1. The van der Waals surface area contributed by atoms with E-state index in [0.717, 1.165) is 17.5 Å². The molecule has 4 nitrogen and oxygen atoms in total. The third-order valence-corrected chi connectivity index (χ3v) is 2.61. The van der Waals surface area contributed by atoms with E-state index >= 15 is 0 Å². The molecule has 5 heteroatoms. The van der Waals surface area contributed by atoms with Crippen LogP contribution in [0.3, 0.4) is 0 Å². The van der Waals surface area contributed by atoms with Crippen LogP contribution in [-0.2, 0) is 17.6 Å². The third kappa shape index (κ3) is 2.24. The van der Waals surface area contributed by atoms with Crippen molar-refractivity contribution in [3.05, 3.63) is 21.6 Å². The molecule has 1 heterocycles. The summed E-state index contributed by atoms with van der Waals surface area (Å²) >= 11 is 1.15. The molecule has 0 spiro atoms. The van der Waals surface area contributed by atoms with Crippen LogP contribution in [0, 0.1) is 6.92 Å². The number of aryl methyl sites for hydroxylation is 2. The van der Waals surface area contributed by atoms with Crippen LogP contribution in [0.15, 0.2) is 4.79 Å². The zero-order valence-corrected chi connectivity index (χ0v) is 8.70. The monoisotopic (exact) mass is 200 g/mol. The molecule has 0 saturated carbocycles. The molecule has 0 atom stereocenters. The molecule has 13 heavy (non-hydrogen) atoms. The maximum atomic E-state index is 11.4. The van der Waals surface area contributed by atoms with Gasteiger partial charge in [-0.25, -0.2) is 0 Å². The molecular weight excluding hydrogens is 188 g/mol. The number of aromatic nitrogens is 2. The molecule has 0 aliphatic heterocycles. The standard InChI is InChI=1S/C8H12N2O2S/c1-5-7(4-13-6(2)11)8(12)10(3)9-5/h9H,4H2,1-3H3. The lowest BCUT2D eigenvalue weighted by Gasteiger charge is -1.93. The van der Waals surface area contributed by atoms with Crippen molar-refractivity contribution in [2.75, 3.05) is 0 Å². The van der Waals surface area contributed by atoms with Crippen LogP contribution in [0.25, 0.3) is 0 Å². The van der Waals surface area contributed by atoms with Crippen LogP contribution in [0.2, 0.25) is 0 Å². The second kappa shape index (κ2) is 3.83. The Morgan fingerprint density at radius 1 is 1.62 bits per heavy atom. The minimum atomic E-state index is -0.0498. The fourth-order valence-electron chi connectivity index (χ4n) is 1.08. The zero-order chi connectivity index (χ0) is 10.0. The smallest absolute Gasteiger partial charge is 0.270 e.